The molecule has 4 N–H and O–H groups in total. The number of nitrogens with one attached hydrogen (secondary N) is 2. The molecule has 4 aromatic rings. The van der Waals surface area contributed by atoms with Gasteiger partial charge in [0.1, 0.15) is 5.82 Å². The summed E-state index contributed by atoms with van der Waals surface area (Å²) in [5.74, 6) is -0.440. The molecule has 7 rings (SSSR count). The van der Waals surface area contributed by atoms with Crippen LogP contribution < -0.4 is 16.4 Å². The average molecular weight is 710 g/mol. The Morgan fingerprint density at radius 3 is 2.23 bits per heavy atom. The zero-order valence-corrected chi connectivity index (χ0v) is 29.5. The van der Waals surface area contributed by atoms with Crippen LogP contribution >= 0.6 is 0 Å². The summed E-state index contributed by atoms with van der Waals surface area (Å²) >= 11 is 0. The molecule has 0 unspecified atom stereocenters. The topological polar surface area (TPSA) is 144 Å². The van der Waals surface area contributed by atoms with E-state index >= 15 is 0 Å². The molecule has 13 heteroatoms. The van der Waals surface area contributed by atoms with Gasteiger partial charge in [0.25, 0.3) is 5.91 Å². The van der Waals surface area contributed by atoms with E-state index in [1.165, 1.54) is 95.4 Å². The standard InChI is InChI=1S/C39H48FN9O3/c40-31-6-8-32(9-7-31)45-38(50)36(29-4-2-1-3-5-29)52-39(51)35-37(41)43-23-34(46-35)30-22-44-49(26-30)33-14-20-48(21-15-33)25-28-12-18-47(19-13-28)24-27-10-16-42-17-11-27/h1-9,22-23,26-28,33,36,42H,10-21,24-25H2,(H2,41,43)(H,45,50)/t36-/m1/s1. The number of benzene rings is 2. The molecule has 0 aliphatic carbocycles. The summed E-state index contributed by atoms with van der Waals surface area (Å²) in [6, 6.07) is 14.2. The third-order valence-electron chi connectivity index (χ3n) is 10.7. The minimum absolute atomic E-state index is 0.119. The van der Waals surface area contributed by atoms with Crippen LogP contribution in [0, 0.1) is 17.7 Å². The van der Waals surface area contributed by atoms with Crippen LogP contribution in [0.15, 0.2) is 73.2 Å². The molecule has 3 aliphatic heterocycles. The molecule has 2 aromatic heterocycles. The summed E-state index contributed by atoms with van der Waals surface area (Å²) in [6.45, 7) is 9.34. The molecule has 1 amide bonds. The van der Waals surface area contributed by atoms with E-state index in [9.17, 15) is 14.0 Å². The Labute approximate surface area is 303 Å². The Morgan fingerprint density at radius 2 is 1.54 bits per heavy atom. The van der Waals surface area contributed by atoms with Gasteiger partial charge in [-0.25, -0.2) is 19.2 Å². The van der Waals surface area contributed by atoms with E-state index in [4.69, 9.17) is 10.5 Å². The number of nitrogens with two attached hydrogens (primary N) is 1. The van der Waals surface area contributed by atoms with Gasteiger partial charge in [-0.1, -0.05) is 30.3 Å². The van der Waals surface area contributed by atoms with Crippen LogP contribution in [0.25, 0.3) is 11.3 Å². The number of nitrogens with zero attached hydrogens (tertiary/aromatic N) is 6. The molecule has 1 atom stereocenters. The van der Waals surface area contributed by atoms with Crippen molar-refractivity contribution in [2.24, 2.45) is 11.8 Å². The Balaban J connectivity index is 0.938. The molecule has 3 fully saturated rings. The maximum absolute atomic E-state index is 13.5. The first-order valence-corrected chi connectivity index (χ1v) is 18.5. The van der Waals surface area contributed by atoms with E-state index in [-0.39, 0.29) is 17.6 Å². The molecule has 2 aromatic carbocycles. The number of aromatic nitrogens is 4. The van der Waals surface area contributed by atoms with Crippen molar-refractivity contribution in [3.05, 3.63) is 90.3 Å². The molecule has 52 heavy (non-hydrogen) atoms. The zero-order valence-electron chi connectivity index (χ0n) is 29.5. The average Bonchev–Trinajstić information content (AvgIpc) is 3.67. The van der Waals surface area contributed by atoms with Crippen molar-refractivity contribution in [1.29, 1.82) is 0 Å². The third-order valence-corrected chi connectivity index (χ3v) is 10.7. The second kappa shape index (κ2) is 16.7. The van der Waals surface area contributed by atoms with E-state index in [1.54, 1.807) is 36.5 Å². The second-order valence-electron chi connectivity index (χ2n) is 14.4. The molecule has 3 saturated heterocycles. The summed E-state index contributed by atoms with van der Waals surface area (Å²) in [7, 11) is 0. The minimum Gasteiger partial charge on any atom is -0.442 e. The van der Waals surface area contributed by atoms with Gasteiger partial charge in [0, 0.05) is 49.2 Å². The highest BCUT2D eigenvalue weighted by Crippen LogP contribution is 2.29. The molecular formula is C39H48FN9O3. The number of hydrogen-bond acceptors (Lipinski definition) is 10. The van der Waals surface area contributed by atoms with Crippen LogP contribution in [0.5, 0.6) is 0 Å². The highest BCUT2D eigenvalue weighted by molar-refractivity contribution is 5.99. The minimum atomic E-state index is -1.32. The van der Waals surface area contributed by atoms with Gasteiger partial charge in [-0.05, 0) is 101 Å². The maximum Gasteiger partial charge on any atom is 0.361 e. The number of carbonyl (C=O) groups excluding carboxylic acids is 2. The Kier molecular flexibility index (Phi) is 11.5. The number of amides is 1. The molecule has 0 radical (unpaired) electrons. The van der Waals surface area contributed by atoms with Gasteiger partial charge in [0.05, 0.1) is 24.1 Å². The summed E-state index contributed by atoms with van der Waals surface area (Å²) in [4.78, 5) is 40.9. The SMILES string of the molecule is Nc1ncc(-c2cnn(C3CCN(CC4CCN(CC5CCNCC5)CC4)CC3)c2)nc1C(=O)O[C@@H](C(=O)Nc1ccc(F)cc1)c1ccccc1. The van der Waals surface area contributed by atoms with Crippen molar-refractivity contribution < 1.29 is 18.7 Å². The molecule has 274 valence electrons. The fourth-order valence-electron chi connectivity index (χ4n) is 7.67. The van der Waals surface area contributed by atoms with Gasteiger partial charge in [-0.3, -0.25) is 9.48 Å². The van der Waals surface area contributed by atoms with Gasteiger partial charge in [-0.15, -0.1) is 0 Å². The number of ether oxygens (including phenoxy) is 1. The van der Waals surface area contributed by atoms with Crippen LogP contribution in [-0.2, 0) is 9.53 Å². The van der Waals surface area contributed by atoms with Crippen LogP contribution in [0.3, 0.4) is 0 Å². The lowest BCUT2D eigenvalue weighted by molar-refractivity contribution is -0.125. The lowest BCUT2D eigenvalue weighted by Crippen LogP contribution is -2.43. The number of esters is 1. The molecule has 3 aliphatic rings. The highest BCUT2D eigenvalue weighted by atomic mass is 19.1. The summed E-state index contributed by atoms with van der Waals surface area (Å²) < 4.78 is 21.1. The fourth-order valence-corrected chi connectivity index (χ4v) is 7.67. The number of halogens is 1. The summed E-state index contributed by atoms with van der Waals surface area (Å²) in [5, 5.41) is 10.8. The summed E-state index contributed by atoms with van der Waals surface area (Å²) in [5.41, 5.74) is 7.82. The van der Waals surface area contributed by atoms with Crippen LogP contribution in [-0.4, -0.2) is 93.8 Å². The number of anilines is 2. The van der Waals surface area contributed by atoms with Gasteiger partial charge in [0.2, 0.25) is 6.10 Å². The van der Waals surface area contributed by atoms with Gasteiger partial charge < -0.3 is 30.9 Å². The van der Waals surface area contributed by atoms with E-state index < -0.39 is 23.8 Å². The molecule has 0 spiro atoms. The van der Waals surface area contributed by atoms with Crippen LogP contribution in [0.2, 0.25) is 0 Å². The van der Waals surface area contributed by atoms with Crippen molar-refractivity contribution in [1.82, 2.24) is 34.9 Å². The van der Waals surface area contributed by atoms with Crippen molar-refractivity contribution in [2.75, 3.05) is 63.4 Å². The first kappa shape index (κ1) is 35.7. The van der Waals surface area contributed by atoms with E-state index in [0.29, 0.717) is 22.5 Å². The quantitative estimate of drug-likeness (QED) is 0.183. The largest absolute Gasteiger partial charge is 0.442 e. The Morgan fingerprint density at radius 1 is 0.885 bits per heavy atom. The normalized spacial score (nSPS) is 18.9. The molecule has 5 heterocycles. The number of hydrogen-bond donors (Lipinski definition) is 3. The van der Waals surface area contributed by atoms with Gasteiger partial charge in [-0.2, -0.15) is 5.10 Å². The van der Waals surface area contributed by atoms with Crippen LogP contribution in [0.1, 0.15) is 66.7 Å². The number of rotatable bonds is 11. The van der Waals surface area contributed by atoms with E-state index in [2.05, 4.69) is 35.5 Å². The van der Waals surface area contributed by atoms with Crippen molar-refractivity contribution in [2.45, 2.75) is 50.7 Å². The lowest BCUT2D eigenvalue weighted by Gasteiger charge is -2.39. The van der Waals surface area contributed by atoms with Crippen LogP contribution in [0.4, 0.5) is 15.9 Å². The smallest absolute Gasteiger partial charge is 0.361 e. The number of nitrogen functional groups attached to an aromatic ring is 1. The molecule has 0 saturated carbocycles. The van der Waals surface area contributed by atoms with E-state index in [1.807, 2.05) is 10.9 Å². The third kappa shape index (κ3) is 9.01. The highest BCUT2D eigenvalue weighted by Gasteiger charge is 2.30. The number of carbonyl (C=O) groups is 2. The molecule has 0 bridgehead atoms. The predicted molar refractivity (Wildman–Crippen MR) is 197 cm³/mol. The van der Waals surface area contributed by atoms with Gasteiger partial charge in [0.15, 0.2) is 11.5 Å². The first-order valence-electron chi connectivity index (χ1n) is 18.5. The second-order valence-corrected chi connectivity index (χ2v) is 14.4. The lowest BCUT2D eigenvalue weighted by atomic mass is 9.92. The monoisotopic (exact) mass is 709 g/mol. The van der Waals surface area contributed by atoms with Crippen molar-refractivity contribution in [3.63, 3.8) is 0 Å². The Hall–Kier alpha value is -4.72. The van der Waals surface area contributed by atoms with Crippen molar-refractivity contribution >= 4 is 23.4 Å². The first-order chi connectivity index (χ1) is 25.4. The maximum atomic E-state index is 13.5. The Bertz CT molecular complexity index is 1780. The predicted octanol–water partition coefficient (Wildman–Crippen LogP) is 4.95. The van der Waals surface area contributed by atoms with Crippen molar-refractivity contribution in [3.8, 4) is 11.3 Å². The number of piperidine rings is 3. The molecular weight excluding hydrogens is 661 g/mol. The summed E-state index contributed by atoms with van der Waals surface area (Å²) in [6.07, 6.45) is 11.1. The van der Waals surface area contributed by atoms with Gasteiger partial charge >= 0.3 is 5.97 Å². The fraction of sp³-hybridized carbons (Fsp3) is 0.462. The molecule has 12 nitrogen and oxygen atoms in total. The zero-order chi connectivity index (χ0) is 35.9. The number of likely N-dealkylation sites (tertiary alicyclic amines) is 2. The van der Waals surface area contributed by atoms with E-state index in [0.717, 1.165) is 37.8 Å².